The van der Waals surface area contributed by atoms with Crippen LogP contribution in [0, 0.1) is 5.92 Å². The number of rotatable bonds is 5. The van der Waals surface area contributed by atoms with Crippen molar-refractivity contribution in [1.82, 2.24) is 9.97 Å². The molecule has 0 spiro atoms. The summed E-state index contributed by atoms with van der Waals surface area (Å²) in [6.45, 7) is 7.42. The second-order valence-corrected chi connectivity index (χ2v) is 3.80. The lowest BCUT2D eigenvalue weighted by Gasteiger charge is -2.20. The summed E-state index contributed by atoms with van der Waals surface area (Å²) >= 11 is 0. The van der Waals surface area contributed by atoms with E-state index in [1.807, 2.05) is 6.92 Å². The molecule has 15 heavy (non-hydrogen) atoms. The van der Waals surface area contributed by atoms with Crippen LogP contribution >= 0.6 is 0 Å². The standard InChI is InChI=1S/C11H19N3O/c1-4-15-11-10(6-13-7-14-11)9(5-12)8(2)3/h6-9H,4-5,12H2,1-3H3. The summed E-state index contributed by atoms with van der Waals surface area (Å²) in [4.78, 5) is 8.16. The highest BCUT2D eigenvalue weighted by Crippen LogP contribution is 2.28. The zero-order chi connectivity index (χ0) is 11.3. The molecule has 1 aromatic heterocycles. The Bertz CT molecular complexity index is 302. The van der Waals surface area contributed by atoms with E-state index in [0.29, 0.717) is 24.9 Å². The Balaban J connectivity index is 2.99. The quantitative estimate of drug-likeness (QED) is 0.799. The number of hydrogen-bond acceptors (Lipinski definition) is 4. The van der Waals surface area contributed by atoms with Gasteiger partial charge in [0.2, 0.25) is 5.88 Å². The van der Waals surface area contributed by atoms with Crippen LogP contribution in [-0.2, 0) is 0 Å². The van der Waals surface area contributed by atoms with Gasteiger partial charge in [0.05, 0.1) is 6.61 Å². The lowest BCUT2D eigenvalue weighted by molar-refractivity contribution is 0.315. The second-order valence-electron chi connectivity index (χ2n) is 3.80. The largest absolute Gasteiger partial charge is 0.478 e. The summed E-state index contributed by atoms with van der Waals surface area (Å²) in [6.07, 6.45) is 3.30. The molecular weight excluding hydrogens is 190 g/mol. The monoisotopic (exact) mass is 209 g/mol. The summed E-state index contributed by atoms with van der Waals surface area (Å²) < 4.78 is 5.46. The second kappa shape index (κ2) is 5.66. The average molecular weight is 209 g/mol. The van der Waals surface area contributed by atoms with Crippen LogP contribution in [0.25, 0.3) is 0 Å². The molecule has 0 aliphatic rings. The molecule has 84 valence electrons. The molecule has 0 saturated heterocycles. The van der Waals surface area contributed by atoms with Crippen molar-refractivity contribution in [3.63, 3.8) is 0 Å². The maximum Gasteiger partial charge on any atom is 0.219 e. The van der Waals surface area contributed by atoms with E-state index < -0.39 is 0 Å². The molecule has 0 saturated carbocycles. The van der Waals surface area contributed by atoms with Crippen LogP contribution in [0.5, 0.6) is 5.88 Å². The van der Waals surface area contributed by atoms with E-state index >= 15 is 0 Å². The molecule has 1 heterocycles. The van der Waals surface area contributed by atoms with Gasteiger partial charge >= 0.3 is 0 Å². The van der Waals surface area contributed by atoms with Crippen molar-refractivity contribution < 1.29 is 4.74 Å². The first kappa shape index (κ1) is 11.9. The molecule has 0 bridgehead atoms. The van der Waals surface area contributed by atoms with Crippen molar-refractivity contribution in [3.8, 4) is 5.88 Å². The van der Waals surface area contributed by atoms with Crippen molar-refractivity contribution in [2.75, 3.05) is 13.2 Å². The maximum absolute atomic E-state index is 5.76. The van der Waals surface area contributed by atoms with Crippen molar-refractivity contribution in [2.45, 2.75) is 26.7 Å². The Morgan fingerprint density at radius 1 is 1.47 bits per heavy atom. The number of aromatic nitrogens is 2. The Morgan fingerprint density at radius 2 is 2.20 bits per heavy atom. The molecule has 1 atom stereocenters. The molecule has 0 aliphatic heterocycles. The summed E-state index contributed by atoms with van der Waals surface area (Å²) in [5.74, 6) is 1.38. The molecule has 4 heteroatoms. The van der Waals surface area contributed by atoms with Gasteiger partial charge in [-0.15, -0.1) is 0 Å². The highest BCUT2D eigenvalue weighted by Gasteiger charge is 2.19. The fourth-order valence-electron chi connectivity index (χ4n) is 1.60. The number of nitrogens with two attached hydrogens (primary N) is 1. The van der Waals surface area contributed by atoms with Crippen LogP contribution in [0.4, 0.5) is 0 Å². The zero-order valence-corrected chi connectivity index (χ0v) is 9.60. The molecule has 1 unspecified atom stereocenters. The minimum atomic E-state index is 0.257. The van der Waals surface area contributed by atoms with Gasteiger partial charge in [-0.05, 0) is 19.4 Å². The highest BCUT2D eigenvalue weighted by atomic mass is 16.5. The molecule has 1 aromatic rings. The first-order valence-corrected chi connectivity index (χ1v) is 5.33. The molecule has 0 fully saturated rings. The van der Waals surface area contributed by atoms with Crippen molar-refractivity contribution in [3.05, 3.63) is 18.1 Å². The topological polar surface area (TPSA) is 61.0 Å². The van der Waals surface area contributed by atoms with Gasteiger partial charge in [0, 0.05) is 17.7 Å². The molecule has 0 radical (unpaired) electrons. The first-order chi connectivity index (χ1) is 7.20. The maximum atomic E-state index is 5.76. The van der Waals surface area contributed by atoms with Gasteiger partial charge in [-0.25, -0.2) is 9.97 Å². The van der Waals surface area contributed by atoms with E-state index in [1.54, 1.807) is 6.20 Å². The zero-order valence-electron chi connectivity index (χ0n) is 9.60. The first-order valence-electron chi connectivity index (χ1n) is 5.33. The predicted octanol–water partition coefficient (Wildman–Crippen LogP) is 1.57. The Hall–Kier alpha value is -1.16. The lowest BCUT2D eigenvalue weighted by atomic mass is 9.90. The minimum absolute atomic E-state index is 0.257. The van der Waals surface area contributed by atoms with Crippen LogP contribution in [0.3, 0.4) is 0 Å². The van der Waals surface area contributed by atoms with Gasteiger partial charge in [0.25, 0.3) is 0 Å². The molecule has 2 N–H and O–H groups in total. The van der Waals surface area contributed by atoms with Crippen LogP contribution < -0.4 is 10.5 Å². The fourth-order valence-corrected chi connectivity index (χ4v) is 1.60. The third-order valence-corrected chi connectivity index (χ3v) is 2.44. The Labute approximate surface area is 90.9 Å². The normalized spacial score (nSPS) is 12.9. The van der Waals surface area contributed by atoms with E-state index in [2.05, 4.69) is 23.8 Å². The van der Waals surface area contributed by atoms with Gasteiger partial charge < -0.3 is 10.5 Å². The highest BCUT2D eigenvalue weighted by molar-refractivity contribution is 5.27. The van der Waals surface area contributed by atoms with E-state index in [4.69, 9.17) is 10.5 Å². The van der Waals surface area contributed by atoms with Crippen LogP contribution in [0.2, 0.25) is 0 Å². The van der Waals surface area contributed by atoms with Crippen molar-refractivity contribution in [2.24, 2.45) is 11.7 Å². The fraction of sp³-hybridized carbons (Fsp3) is 0.636. The van der Waals surface area contributed by atoms with Crippen LogP contribution in [0.15, 0.2) is 12.5 Å². The van der Waals surface area contributed by atoms with Crippen LogP contribution in [-0.4, -0.2) is 23.1 Å². The summed E-state index contributed by atoms with van der Waals surface area (Å²) in [6, 6.07) is 0. The smallest absolute Gasteiger partial charge is 0.219 e. The SMILES string of the molecule is CCOc1ncncc1C(CN)C(C)C. The van der Waals surface area contributed by atoms with Crippen molar-refractivity contribution >= 4 is 0 Å². The Kier molecular flexibility index (Phi) is 4.49. The predicted molar refractivity (Wildman–Crippen MR) is 59.8 cm³/mol. The number of nitrogens with zero attached hydrogens (tertiary/aromatic N) is 2. The third kappa shape index (κ3) is 2.89. The van der Waals surface area contributed by atoms with Crippen LogP contribution in [0.1, 0.15) is 32.3 Å². The molecule has 4 nitrogen and oxygen atoms in total. The number of ether oxygens (including phenoxy) is 1. The molecule has 1 rings (SSSR count). The van der Waals surface area contributed by atoms with Gasteiger partial charge in [0.1, 0.15) is 6.33 Å². The average Bonchev–Trinajstić information content (AvgIpc) is 2.21. The van der Waals surface area contributed by atoms with Gasteiger partial charge in [-0.2, -0.15) is 0 Å². The lowest BCUT2D eigenvalue weighted by Crippen LogP contribution is -2.19. The van der Waals surface area contributed by atoms with Gasteiger partial charge in [0.15, 0.2) is 0 Å². The molecule has 0 aliphatic carbocycles. The van der Waals surface area contributed by atoms with E-state index in [0.717, 1.165) is 5.56 Å². The minimum Gasteiger partial charge on any atom is -0.478 e. The molecular formula is C11H19N3O. The van der Waals surface area contributed by atoms with E-state index in [9.17, 15) is 0 Å². The number of hydrogen-bond donors (Lipinski definition) is 1. The Morgan fingerprint density at radius 3 is 2.73 bits per heavy atom. The van der Waals surface area contributed by atoms with E-state index in [1.165, 1.54) is 6.33 Å². The van der Waals surface area contributed by atoms with Gasteiger partial charge in [-0.1, -0.05) is 13.8 Å². The van der Waals surface area contributed by atoms with E-state index in [-0.39, 0.29) is 5.92 Å². The molecule has 0 aromatic carbocycles. The molecule has 0 amide bonds. The summed E-state index contributed by atoms with van der Waals surface area (Å²) in [7, 11) is 0. The van der Waals surface area contributed by atoms with Crippen molar-refractivity contribution in [1.29, 1.82) is 0 Å². The summed E-state index contributed by atoms with van der Waals surface area (Å²) in [5.41, 5.74) is 6.77. The summed E-state index contributed by atoms with van der Waals surface area (Å²) in [5, 5.41) is 0. The van der Waals surface area contributed by atoms with Gasteiger partial charge in [-0.3, -0.25) is 0 Å². The third-order valence-electron chi connectivity index (χ3n) is 2.44.